The molecular formula is C27H22N2O7. The number of aryl methyl sites for hydroxylation is 1. The molecule has 1 heterocycles. The molecule has 182 valence electrons. The number of carbonyl (C=O) groups is 4. The van der Waals surface area contributed by atoms with Crippen LogP contribution in [-0.2, 0) is 9.59 Å². The first-order valence-electron chi connectivity index (χ1n) is 10.8. The second-order valence-electron chi connectivity index (χ2n) is 7.82. The summed E-state index contributed by atoms with van der Waals surface area (Å²) in [4.78, 5) is 51.3. The number of methoxy groups -OCH3 is 2. The molecule has 36 heavy (non-hydrogen) atoms. The molecule has 0 saturated carbocycles. The fourth-order valence-electron chi connectivity index (χ4n) is 3.50. The zero-order chi connectivity index (χ0) is 25.8. The number of hydrogen-bond donors (Lipinski definition) is 1. The quantitative estimate of drug-likeness (QED) is 0.243. The zero-order valence-corrected chi connectivity index (χ0v) is 19.7. The van der Waals surface area contributed by atoms with E-state index in [1.54, 1.807) is 54.6 Å². The molecule has 1 aliphatic rings. The molecule has 0 spiro atoms. The van der Waals surface area contributed by atoms with Gasteiger partial charge in [-0.25, -0.2) is 14.5 Å². The highest BCUT2D eigenvalue weighted by Crippen LogP contribution is 2.31. The maximum Gasteiger partial charge on any atom is 0.343 e. The lowest BCUT2D eigenvalue weighted by Gasteiger charge is -2.26. The Balaban J connectivity index is 1.59. The number of anilines is 1. The first-order valence-corrected chi connectivity index (χ1v) is 10.8. The molecule has 1 fully saturated rings. The first-order chi connectivity index (χ1) is 17.3. The predicted octanol–water partition coefficient (Wildman–Crippen LogP) is 3.90. The third-order valence-electron chi connectivity index (χ3n) is 5.42. The Hall–Kier alpha value is -4.92. The van der Waals surface area contributed by atoms with Gasteiger partial charge in [-0.2, -0.15) is 0 Å². The SMILES string of the molecule is COc1ccc(C(=O)Oc2ccc(/C=C3\C(=O)NC(=O)N(c4ccc(C)cc4)C3=O)cc2OC)cc1. The summed E-state index contributed by atoms with van der Waals surface area (Å²) in [5, 5.41) is 2.19. The number of barbiturate groups is 1. The minimum absolute atomic E-state index is 0.149. The predicted molar refractivity (Wildman–Crippen MR) is 131 cm³/mol. The minimum Gasteiger partial charge on any atom is -0.497 e. The summed E-state index contributed by atoms with van der Waals surface area (Å²) < 4.78 is 15.9. The van der Waals surface area contributed by atoms with Gasteiger partial charge in [0.05, 0.1) is 25.5 Å². The largest absolute Gasteiger partial charge is 0.497 e. The van der Waals surface area contributed by atoms with Gasteiger partial charge >= 0.3 is 12.0 Å². The second kappa shape index (κ2) is 10.1. The van der Waals surface area contributed by atoms with Gasteiger partial charge in [0, 0.05) is 0 Å². The maximum atomic E-state index is 13.1. The lowest BCUT2D eigenvalue weighted by molar-refractivity contribution is -0.122. The van der Waals surface area contributed by atoms with Crippen molar-refractivity contribution in [2.24, 2.45) is 0 Å². The van der Waals surface area contributed by atoms with Crippen molar-refractivity contribution in [3.05, 3.63) is 89.0 Å². The van der Waals surface area contributed by atoms with Gasteiger partial charge in [-0.15, -0.1) is 0 Å². The summed E-state index contributed by atoms with van der Waals surface area (Å²) in [5.74, 6) is -1.22. The van der Waals surface area contributed by atoms with E-state index in [9.17, 15) is 19.2 Å². The van der Waals surface area contributed by atoms with Crippen LogP contribution in [-0.4, -0.2) is 38.0 Å². The van der Waals surface area contributed by atoms with Gasteiger partial charge in [0.1, 0.15) is 11.3 Å². The highest BCUT2D eigenvalue weighted by molar-refractivity contribution is 6.39. The summed E-state index contributed by atoms with van der Waals surface area (Å²) in [6.07, 6.45) is 1.34. The van der Waals surface area contributed by atoms with Gasteiger partial charge in [-0.05, 0) is 67.1 Å². The van der Waals surface area contributed by atoms with Crippen molar-refractivity contribution < 1.29 is 33.4 Å². The van der Waals surface area contributed by atoms with Crippen LogP contribution in [0.25, 0.3) is 6.08 Å². The number of benzene rings is 3. The molecular weight excluding hydrogens is 464 g/mol. The van der Waals surface area contributed by atoms with E-state index in [0.717, 1.165) is 10.5 Å². The molecule has 3 aromatic rings. The van der Waals surface area contributed by atoms with Crippen LogP contribution in [0.4, 0.5) is 10.5 Å². The van der Waals surface area contributed by atoms with Gasteiger partial charge in [-0.1, -0.05) is 23.8 Å². The molecule has 9 heteroatoms. The Kier molecular flexibility index (Phi) is 6.82. The molecule has 0 atom stereocenters. The topological polar surface area (TPSA) is 111 Å². The Labute approximate surface area is 206 Å². The van der Waals surface area contributed by atoms with E-state index in [1.165, 1.54) is 32.4 Å². The Morgan fingerprint density at radius 1 is 0.861 bits per heavy atom. The molecule has 0 aromatic heterocycles. The van der Waals surface area contributed by atoms with E-state index in [-0.39, 0.29) is 17.1 Å². The van der Waals surface area contributed by atoms with E-state index in [1.807, 2.05) is 6.92 Å². The normalized spacial score (nSPS) is 14.5. The van der Waals surface area contributed by atoms with Crippen LogP contribution in [0.5, 0.6) is 17.2 Å². The number of ether oxygens (including phenoxy) is 3. The number of nitrogens with zero attached hydrogens (tertiary/aromatic N) is 1. The molecule has 4 amide bonds. The van der Waals surface area contributed by atoms with E-state index in [2.05, 4.69) is 5.32 Å². The molecule has 1 N–H and O–H groups in total. The molecule has 3 aromatic carbocycles. The molecule has 1 aliphatic heterocycles. The smallest absolute Gasteiger partial charge is 0.343 e. The Morgan fingerprint density at radius 3 is 2.19 bits per heavy atom. The van der Waals surface area contributed by atoms with Crippen LogP contribution in [0.2, 0.25) is 0 Å². The summed E-state index contributed by atoms with van der Waals surface area (Å²) in [6.45, 7) is 1.88. The first kappa shape index (κ1) is 24.2. The van der Waals surface area contributed by atoms with Crippen molar-refractivity contribution in [1.82, 2.24) is 5.32 Å². The minimum atomic E-state index is -0.829. The van der Waals surface area contributed by atoms with Gasteiger partial charge < -0.3 is 14.2 Å². The number of amides is 4. The fourth-order valence-corrected chi connectivity index (χ4v) is 3.50. The standard InChI is InChI=1S/C27H22N2O7/c1-16-4-9-19(10-5-16)29-25(31)21(24(30)28-27(29)33)14-17-6-13-22(23(15-17)35-3)36-26(32)18-7-11-20(34-2)12-8-18/h4-15H,1-3H3,(H,28,30,33)/b21-14+. The molecule has 0 radical (unpaired) electrons. The van der Waals surface area contributed by atoms with E-state index < -0.39 is 23.8 Å². The summed E-state index contributed by atoms with van der Waals surface area (Å²) in [5.41, 5.74) is 1.79. The molecule has 0 aliphatic carbocycles. The number of rotatable bonds is 6. The maximum absolute atomic E-state index is 13.1. The third-order valence-corrected chi connectivity index (χ3v) is 5.42. The molecule has 9 nitrogen and oxygen atoms in total. The van der Waals surface area contributed by atoms with Crippen LogP contribution in [0.15, 0.2) is 72.3 Å². The number of carbonyl (C=O) groups excluding carboxylic acids is 4. The van der Waals surface area contributed by atoms with Gasteiger partial charge in [0.2, 0.25) is 0 Å². The van der Waals surface area contributed by atoms with Crippen LogP contribution < -0.4 is 24.4 Å². The highest BCUT2D eigenvalue weighted by atomic mass is 16.6. The Bertz CT molecular complexity index is 1380. The Morgan fingerprint density at radius 2 is 1.56 bits per heavy atom. The van der Waals surface area contributed by atoms with Gasteiger partial charge in [0.15, 0.2) is 11.5 Å². The van der Waals surface area contributed by atoms with Crippen LogP contribution >= 0.6 is 0 Å². The van der Waals surface area contributed by atoms with Gasteiger partial charge in [-0.3, -0.25) is 14.9 Å². The van der Waals surface area contributed by atoms with E-state index >= 15 is 0 Å². The average Bonchev–Trinajstić information content (AvgIpc) is 2.88. The van der Waals surface area contributed by atoms with Crippen molar-refractivity contribution in [3.63, 3.8) is 0 Å². The molecule has 0 bridgehead atoms. The van der Waals surface area contributed by atoms with Gasteiger partial charge in [0.25, 0.3) is 11.8 Å². The molecule has 1 saturated heterocycles. The highest BCUT2D eigenvalue weighted by Gasteiger charge is 2.36. The van der Waals surface area contributed by atoms with Crippen molar-refractivity contribution in [2.45, 2.75) is 6.92 Å². The summed E-state index contributed by atoms with van der Waals surface area (Å²) >= 11 is 0. The van der Waals surface area contributed by atoms with Crippen molar-refractivity contribution in [2.75, 3.05) is 19.1 Å². The number of nitrogens with one attached hydrogen (secondary N) is 1. The van der Waals surface area contributed by atoms with E-state index in [4.69, 9.17) is 14.2 Å². The van der Waals surface area contributed by atoms with Crippen molar-refractivity contribution in [1.29, 1.82) is 0 Å². The number of imide groups is 2. The fraction of sp³-hybridized carbons (Fsp3) is 0.111. The van der Waals surface area contributed by atoms with Crippen LogP contribution in [0.1, 0.15) is 21.5 Å². The third kappa shape index (κ3) is 4.95. The monoisotopic (exact) mass is 486 g/mol. The van der Waals surface area contributed by atoms with Crippen LogP contribution in [0, 0.1) is 6.92 Å². The molecule has 0 unspecified atom stereocenters. The number of urea groups is 1. The summed E-state index contributed by atoms with van der Waals surface area (Å²) in [6, 6.07) is 16.9. The second-order valence-corrected chi connectivity index (χ2v) is 7.82. The van der Waals surface area contributed by atoms with E-state index in [0.29, 0.717) is 22.6 Å². The lowest BCUT2D eigenvalue weighted by atomic mass is 10.1. The lowest BCUT2D eigenvalue weighted by Crippen LogP contribution is -2.54. The van der Waals surface area contributed by atoms with Crippen molar-refractivity contribution >= 4 is 35.6 Å². The number of hydrogen-bond acceptors (Lipinski definition) is 7. The zero-order valence-electron chi connectivity index (χ0n) is 19.7. The molecule has 4 rings (SSSR count). The summed E-state index contributed by atoms with van der Waals surface area (Å²) in [7, 11) is 2.92. The van der Waals surface area contributed by atoms with Crippen molar-refractivity contribution in [3.8, 4) is 17.2 Å². The van der Waals surface area contributed by atoms with Crippen LogP contribution in [0.3, 0.4) is 0 Å². The number of esters is 1. The average molecular weight is 486 g/mol.